The highest BCUT2D eigenvalue weighted by atomic mass is 16.5. The Morgan fingerprint density at radius 1 is 1.07 bits per heavy atom. The molecule has 4 bridgehead atoms. The molecule has 0 fully saturated rings. The summed E-state index contributed by atoms with van der Waals surface area (Å²) in [6.45, 7) is 5.30. The fourth-order valence-electron chi connectivity index (χ4n) is 4.40. The van der Waals surface area contributed by atoms with Gasteiger partial charge in [0.2, 0.25) is 23.6 Å². The molecule has 0 unspecified atom stereocenters. The molecule has 0 radical (unpaired) electrons. The number of amides is 4. The van der Waals surface area contributed by atoms with Gasteiger partial charge in [-0.1, -0.05) is 31.1 Å². The van der Waals surface area contributed by atoms with E-state index in [0.717, 1.165) is 0 Å². The van der Waals surface area contributed by atoms with Crippen LogP contribution in [0.3, 0.4) is 0 Å². The predicted octanol–water partition coefficient (Wildman–Crippen LogP) is 1.37. The summed E-state index contributed by atoms with van der Waals surface area (Å²) in [5.41, 5.74) is 0.632. The Morgan fingerprint density at radius 2 is 1.80 bits per heavy atom. The number of methoxy groups -OCH3 is 1. The van der Waals surface area contributed by atoms with Crippen LogP contribution < -0.4 is 26.0 Å². The van der Waals surface area contributed by atoms with Gasteiger partial charge in [-0.2, -0.15) is 4.98 Å². The van der Waals surface area contributed by atoms with E-state index in [1.807, 2.05) is 0 Å². The van der Waals surface area contributed by atoms with Crippen LogP contribution in [0.5, 0.6) is 17.2 Å². The molecule has 2 aliphatic heterocycles. The first-order chi connectivity index (χ1) is 21.0. The zero-order chi connectivity index (χ0) is 31.8. The number of carbonyl (C=O) groups is 4. The van der Waals surface area contributed by atoms with Gasteiger partial charge in [-0.15, -0.1) is 0 Å². The van der Waals surface area contributed by atoms with Crippen LogP contribution in [0.25, 0.3) is 0 Å². The van der Waals surface area contributed by atoms with Crippen LogP contribution in [-0.4, -0.2) is 70.7 Å². The number of hydrogen-bond acceptors (Lipinski definition) is 10. The number of nitrogens with zero attached hydrogens (tertiary/aromatic N) is 2. The zero-order valence-electron chi connectivity index (χ0n) is 24.9. The molecule has 234 valence electrons. The molecule has 5 N–H and O–H groups in total. The molecule has 44 heavy (non-hydrogen) atoms. The van der Waals surface area contributed by atoms with Gasteiger partial charge in [-0.05, 0) is 48.7 Å². The van der Waals surface area contributed by atoms with Gasteiger partial charge < -0.3 is 40.4 Å². The Hall–Kier alpha value is -4.98. The molecule has 3 heterocycles. The number of phenolic OH excluding ortho intramolecular Hbond substituents is 1. The van der Waals surface area contributed by atoms with Gasteiger partial charge in [0.25, 0.3) is 5.91 Å². The number of nitrogens with one attached hydrogen (secondary N) is 4. The van der Waals surface area contributed by atoms with E-state index in [2.05, 4.69) is 31.4 Å². The van der Waals surface area contributed by atoms with Crippen LogP contribution in [0.15, 0.2) is 47.0 Å². The molecule has 0 saturated heterocycles. The molecule has 0 saturated carbocycles. The average Bonchev–Trinajstić information content (AvgIpc) is 3.45. The lowest BCUT2D eigenvalue weighted by Gasteiger charge is -2.25. The lowest BCUT2D eigenvalue weighted by atomic mass is 10.0. The molecular formula is C30H36N6O8. The molecule has 14 heteroatoms. The van der Waals surface area contributed by atoms with E-state index in [1.54, 1.807) is 45.2 Å². The Balaban J connectivity index is 1.59. The fraction of sp³-hybridized carbons (Fsp3) is 0.400. The number of aromatic nitrogens is 2. The highest BCUT2D eigenvalue weighted by Crippen LogP contribution is 2.28. The first-order valence-corrected chi connectivity index (χ1v) is 14.1. The minimum Gasteiger partial charge on any atom is -0.507 e. The number of phenols is 1. The average molecular weight is 609 g/mol. The van der Waals surface area contributed by atoms with Gasteiger partial charge >= 0.3 is 0 Å². The van der Waals surface area contributed by atoms with Crippen molar-refractivity contribution < 1.29 is 38.3 Å². The third kappa shape index (κ3) is 8.31. The maximum atomic E-state index is 13.3. The van der Waals surface area contributed by atoms with E-state index in [-0.39, 0.29) is 41.8 Å². The van der Waals surface area contributed by atoms with Crippen LogP contribution in [0.2, 0.25) is 0 Å². The second kappa shape index (κ2) is 14.5. The molecule has 4 amide bonds. The molecule has 0 aliphatic carbocycles. The summed E-state index contributed by atoms with van der Waals surface area (Å²) in [5, 5.41) is 24.9. The summed E-state index contributed by atoms with van der Waals surface area (Å²) in [6.07, 6.45) is 0.548. The van der Waals surface area contributed by atoms with E-state index in [0.29, 0.717) is 30.2 Å². The smallest absolute Gasteiger partial charge is 0.255 e. The first-order valence-electron chi connectivity index (χ1n) is 14.1. The van der Waals surface area contributed by atoms with E-state index in [4.69, 9.17) is 14.0 Å². The minimum absolute atomic E-state index is 0.0366. The second-order valence-corrected chi connectivity index (χ2v) is 10.7. The SMILES string of the molecule is COCCc1nc(CNC(=O)[C@@H]2Cc3ccc(cc3)Oc3ccc(O)c(c3)C(=O)N[C@@H](C(C)C)C(=O)N[C@@H](C)C(=O)N2)no1. The maximum Gasteiger partial charge on any atom is 0.255 e. The van der Waals surface area contributed by atoms with Gasteiger partial charge in [0.15, 0.2) is 5.82 Å². The van der Waals surface area contributed by atoms with Crippen molar-refractivity contribution in [3.8, 4) is 17.2 Å². The van der Waals surface area contributed by atoms with Gasteiger partial charge in [0, 0.05) is 13.5 Å². The molecule has 3 aromatic rings. The van der Waals surface area contributed by atoms with Gasteiger partial charge in [0.1, 0.15) is 35.4 Å². The quantitative estimate of drug-likeness (QED) is 0.245. The van der Waals surface area contributed by atoms with E-state index < -0.39 is 41.8 Å². The summed E-state index contributed by atoms with van der Waals surface area (Å²) in [4.78, 5) is 57.0. The van der Waals surface area contributed by atoms with Crippen LogP contribution in [0.4, 0.5) is 0 Å². The second-order valence-electron chi connectivity index (χ2n) is 10.7. The van der Waals surface area contributed by atoms with Crippen molar-refractivity contribution in [1.82, 2.24) is 31.4 Å². The molecular weight excluding hydrogens is 572 g/mol. The van der Waals surface area contributed by atoms with Crippen LogP contribution >= 0.6 is 0 Å². The Kier molecular flexibility index (Phi) is 10.5. The number of carbonyl (C=O) groups excluding carboxylic acids is 4. The van der Waals surface area contributed by atoms with Crippen molar-refractivity contribution in [3.63, 3.8) is 0 Å². The summed E-state index contributed by atoms with van der Waals surface area (Å²) < 4.78 is 16.0. The van der Waals surface area contributed by atoms with E-state index >= 15 is 0 Å². The molecule has 2 aromatic carbocycles. The van der Waals surface area contributed by atoms with Crippen molar-refractivity contribution in [2.24, 2.45) is 5.92 Å². The highest BCUT2D eigenvalue weighted by molar-refractivity contribution is 6.00. The fourth-order valence-corrected chi connectivity index (χ4v) is 4.40. The Labute approximate surface area is 253 Å². The normalized spacial score (nSPS) is 19.3. The third-order valence-corrected chi connectivity index (χ3v) is 6.88. The molecule has 0 spiro atoms. The number of fused-ring (bicyclic) bond motifs is 11. The van der Waals surface area contributed by atoms with Crippen LogP contribution in [0, 0.1) is 5.92 Å². The summed E-state index contributed by atoms with van der Waals surface area (Å²) in [5.74, 6) is -1.71. The van der Waals surface area contributed by atoms with E-state index in [9.17, 15) is 24.3 Å². The number of hydrogen-bond donors (Lipinski definition) is 5. The molecule has 2 aliphatic rings. The van der Waals surface area contributed by atoms with Gasteiger partial charge in [-0.3, -0.25) is 19.2 Å². The highest BCUT2D eigenvalue weighted by Gasteiger charge is 2.30. The van der Waals surface area contributed by atoms with Crippen LogP contribution in [0.1, 0.15) is 48.4 Å². The predicted molar refractivity (Wildman–Crippen MR) is 156 cm³/mol. The molecule has 3 atom stereocenters. The maximum absolute atomic E-state index is 13.3. The van der Waals surface area contributed by atoms with E-state index in [1.165, 1.54) is 25.1 Å². The first kappa shape index (κ1) is 31.9. The number of rotatable bonds is 7. The zero-order valence-corrected chi connectivity index (χ0v) is 24.9. The number of ether oxygens (including phenoxy) is 2. The van der Waals surface area contributed by atoms with Crippen molar-refractivity contribution in [3.05, 3.63) is 65.3 Å². The summed E-state index contributed by atoms with van der Waals surface area (Å²) in [6, 6.07) is 7.93. The van der Waals surface area contributed by atoms with Crippen molar-refractivity contribution in [2.45, 2.75) is 58.3 Å². The van der Waals surface area contributed by atoms with Gasteiger partial charge in [0.05, 0.1) is 25.1 Å². The van der Waals surface area contributed by atoms with Crippen molar-refractivity contribution >= 4 is 23.6 Å². The van der Waals surface area contributed by atoms with Gasteiger partial charge in [-0.25, -0.2) is 0 Å². The lowest BCUT2D eigenvalue weighted by molar-refractivity contribution is -0.132. The monoisotopic (exact) mass is 608 g/mol. The summed E-state index contributed by atoms with van der Waals surface area (Å²) in [7, 11) is 1.56. The third-order valence-electron chi connectivity index (χ3n) is 6.88. The standard InChI is InChI=1S/C30H36N6O8/c1-16(2)26-30(41)32-17(3)27(38)33-22(29(40)31-15-24-34-25(44-36-24)11-12-42-4)13-18-5-7-19(8-6-18)43-20-9-10-23(37)21(14-20)28(39)35-26/h5-10,14,16-17,22,26,37H,11-13,15H2,1-4H3,(H,31,40)(H,32,41)(H,33,38)(H,35,39)/t17-,22-,26-/m0/s1. The molecule has 14 nitrogen and oxygen atoms in total. The molecule has 5 rings (SSSR count). The molecule has 1 aromatic heterocycles. The minimum atomic E-state index is -1.05. The lowest BCUT2D eigenvalue weighted by Crippen LogP contribution is -2.57. The van der Waals surface area contributed by atoms with Crippen molar-refractivity contribution in [2.75, 3.05) is 13.7 Å². The Morgan fingerprint density at radius 3 is 2.50 bits per heavy atom. The summed E-state index contributed by atoms with van der Waals surface area (Å²) >= 11 is 0. The van der Waals surface area contributed by atoms with Crippen LogP contribution in [-0.2, 0) is 38.5 Å². The largest absolute Gasteiger partial charge is 0.507 e. The number of aromatic hydroxyl groups is 1. The topological polar surface area (TPSA) is 194 Å². The number of benzene rings is 2. The van der Waals surface area contributed by atoms with Crippen molar-refractivity contribution in [1.29, 1.82) is 0 Å². The Bertz CT molecular complexity index is 1490.